The molecule has 0 N–H and O–H groups in total. The van der Waals surface area contributed by atoms with Crippen LogP contribution in [0.5, 0.6) is 0 Å². The summed E-state index contributed by atoms with van der Waals surface area (Å²) in [5.74, 6) is 1.21. The molecule has 4 aromatic rings. The standard InChI is InChI=1S/C27H28N4O2/c1-20-29-10-11-30(20)18-23-7-3-5-9-26(23)27(32)31-12-13-33-19-21(17-31)14-24-16-28-15-22-6-2-4-8-25(22)24/h2-11,15-16,21H,12-14,17-19H2,1H3/t21-/m0/s1. The number of rotatable bonds is 5. The number of imidazole rings is 1. The van der Waals surface area contributed by atoms with E-state index < -0.39 is 0 Å². The molecule has 0 unspecified atom stereocenters. The van der Waals surface area contributed by atoms with E-state index in [2.05, 4.69) is 32.7 Å². The van der Waals surface area contributed by atoms with Crippen LogP contribution in [0.3, 0.4) is 0 Å². The first kappa shape index (κ1) is 21.3. The Labute approximate surface area is 193 Å². The molecule has 6 heteroatoms. The van der Waals surface area contributed by atoms with Gasteiger partial charge < -0.3 is 14.2 Å². The summed E-state index contributed by atoms with van der Waals surface area (Å²) >= 11 is 0. The average molecular weight is 441 g/mol. The van der Waals surface area contributed by atoms with E-state index in [-0.39, 0.29) is 11.8 Å². The van der Waals surface area contributed by atoms with Gasteiger partial charge in [0.2, 0.25) is 0 Å². The van der Waals surface area contributed by atoms with Crippen LogP contribution in [0.2, 0.25) is 0 Å². The van der Waals surface area contributed by atoms with E-state index in [1.807, 2.05) is 60.7 Å². The average Bonchev–Trinajstić information content (AvgIpc) is 3.10. The number of hydrogen-bond acceptors (Lipinski definition) is 4. The molecule has 0 spiro atoms. The first-order chi connectivity index (χ1) is 16.2. The Balaban J connectivity index is 1.36. The van der Waals surface area contributed by atoms with Crippen molar-refractivity contribution in [1.82, 2.24) is 19.4 Å². The molecule has 1 saturated heterocycles. The fourth-order valence-corrected chi connectivity index (χ4v) is 4.63. The van der Waals surface area contributed by atoms with Crippen LogP contribution in [-0.2, 0) is 17.7 Å². The summed E-state index contributed by atoms with van der Waals surface area (Å²) in [6.45, 7) is 5.07. The lowest BCUT2D eigenvalue weighted by molar-refractivity contribution is 0.0736. The normalized spacial score (nSPS) is 16.6. The molecule has 0 radical (unpaired) electrons. The second-order valence-corrected chi connectivity index (χ2v) is 8.68. The molecule has 1 fully saturated rings. The third-order valence-electron chi connectivity index (χ3n) is 6.40. The maximum absolute atomic E-state index is 13.6. The van der Waals surface area contributed by atoms with E-state index in [1.54, 1.807) is 6.20 Å². The molecule has 0 bridgehead atoms. The van der Waals surface area contributed by atoms with Crippen LogP contribution in [0.15, 0.2) is 73.3 Å². The van der Waals surface area contributed by atoms with E-state index in [9.17, 15) is 4.79 Å². The highest BCUT2D eigenvalue weighted by Gasteiger charge is 2.25. The number of ether oxygens (including phenoxy) is 1. The minimum Gasteiger partial charge on any atom is -0.379 e. The van der Waals surface area contributed by atoms with Crippen molar-refractivity contribution >= 4 is 16.7 Å². The second-order valence-electron chi connectivity index (χ2n) is 8.68. The molecule has 0 aliphatic carbocycles. The van der Waals surface area contributed by atoms with Gasteiger partial charge in [0.15, 0.2) is 0 Å². The number of amides is 1. The quantitative estimate of drug-likeness (QED) is 0.468. The van der Waals surface area contributed by atoms with Gasteiger partial charge in [0.1, 0.15) is 5.82 Å². The maximum Gasteiger partial charge on any atom is 0.254 e. The molecule has 1 aliphatic heterocycles. The highest BCUT2D eigenvalue weighted by atomic mass is 16.5. The van der Waals surface area contributed by atoms with Gasteiger partial charge in [-0.25, -0.2) is 4.98 Å². The molecule has 6 nitrogen and oxygen atoms in total. The third-order valence-corrected chi connectivity index (χ3v) is 6.40. The molecule has 33 heavy (non-hydrogen) atoms. The number of benzene rings is 2. The first-order valence-corrected chi connectivity index (χ1v) is 11.4. The maximum atomic E-state index is 13.6. The molecule has 1 atom stereocenters. The molecular weight excluding hydrogens is 412 g/mol. The van der Waals surface area contributed by atoms with Gasteiger partial charge in [0.05, 0.1) is 13.2 Å². The Bertz CT molecular complexity index is 1260. The number of nitrogens with zero attached hydrogens (tertiary/aromatic N) is 4. The van der Waals surface area contributed by atoms with Crippen molar-refractivity contribution in [3.63, 3.8) is 0 Å². The predicted molar refractivity (Wildman–Crippen MR) is 128 cm³/mol. The second kappa shape index (κ2) is 9.55. The van der Waals surface area contributed by atoms with E-state index in [0.717, 1.165) is 28.8 Å². The summed E-state index contributed by atoms with van der Waals surface area (Å²) in [7, 11) is 0. The number of pyridine rings is 1. The molecule has 2 aromatic carbocycles. The number of aromatic nitrogens is 3. The van der Waals surface area contributed by atoms with Gasteiger partial charge in [-0.3, -0.25) is 9.78 Å². The van der Waals surface area contributed by atoms with Crippen molar-refractivity contribution in [1.29, 1.82) is 0 Å². The summed E-state index contributed by atoms with van der Waals surface area (Å²) in [6, 6.07) is 16.2. The number of carbonyl (C=O) groups is 1. The molecule has 0 saturated carbocycles. The van der Waals surface area contributed by atoms with E-state index >= 15 is 0 Å². The van der Waals surface area contributed by atoms with Crippen molar-refractivity contribution < 1.29 is 9.53 Å². The molecule has 3 heterocycles. The van der Waals surface area contributed by atoms with Crippen molar-refractivity contribution in [2.45, 2.75) is 19.9 Å². The molecule has 1 amide bonds. The molecule has 1 aliphatic rings. The molecule has 5 rings (SSSR count). The molecule has 2 aromatic heterocycles. The number of aryl methyl sites for hydroxylation is 1. The fourth-order valence-electron chi connectivity index (χ4n) is 4.63. The highest BCUT2D eigenvalue weighted by Crippen LogP contribution is 2.23. The summed E-state index contributed by atoms with van der Waals surface area (Å²) < 4.78 is 7.98. The van der Waals surface area contributed by atoms with Gasteiger partial charge in [-0.05, 0) is 35.9 Å². The fraction of sp³-hybridized carbons (Fsp3) is 0.296. The summed E-state index contributed by atoms with van der Waals surface area (Å²) in [4.78, 5) is 24.3. The third kappa shape index (κ3) is 4.66. The SMILES string of the molecule is Cc1nccn1Cc1ccccc1C(=O)N1CCOC[C@@H](Cc2cncc3ccccc23)C1. The zero-order valence-corrected chi connectivity index (χ0v) is 18.9. The van der Waals surface area contributed by atoms with Crippen molar-refractivity contribution in [3.05, 3.63) is 95.8 Å². The zero-order valence-electron chi connectivity index (χ0n) is 18.9. The minimum atomic E-state index is 0.0647. The van der Waals surface area contributed by atoms with Crippen LogP contribution in [-0.4, -0.2) is 51.6 Å². The number of fused-ring (bicyclic) bond motifs is 1. The van der Waals surface area contributed by atoms with E-state index in [1.165, 1.54) is 10.9 Å². The largest absolute Gasteiger partial charge is 0.379 e. The first-order valence-electron chi connectivity index (χ1n) is 11.4. The Morgan fingerprint density at radius 1 is 1.09 bits per heavy atom. The topological polar surface area (TPSA) is 60.2 Å². The number of carbonyl (C=O) groups excluding carboxylic acids is 1. The van der Waals surface area contributed by atoms with Crippen LogP contribution in [0.1, 0.15) is 27.3 Å². The van der Waals surface area contributed by atoms with Gasteiger partial charge in [-0.1, -0.05) is 42.5 Å². The van der Waals surface area contributed by atoms with E-state index in [4.69, 9.17) is 4.74 Å². The predicted octanol–water partition coefficient (Wildman–Crippen LogP) is 4.12. The summed E-state index contributed by atoms with van der Waals surface area (Å²) in [5.41, 5.74) is 2.95. The molecular formula is C27H28N4O2. The zero-order chi connectivity index (χ0) is 22.6. The van der Waals surface area contributed by atoms with Gasteiger partial charge in [0, 0.05) is 61.3 Å². The summed E-state index contributed by atoms with van der Waals surface area (Å²) in [6.07, 6.45) is 8.41. The van der Waals surface area contributed by atoms with Crippen molar-refractivity contribution in [2.24, 2.45) is 5.92 Å². The molecule has 168 valence electrons. The smallest absolute Gasteiger partial charge is 0.254 e. The van der Waals surface area contributed by atoms with Gasteiger partial charge in [0.25, 0.3) is 5.91 Å². The van der Waals surface area contributed by atoms with Crippen LogP contribution in [0.4, 0.5) is 0 Å². The van der Waals surface area contributed by atoms with Gasteiger partial charge in [-0.2, -0.15) is 0 Å². The van der Waals surface area contributed by atoms with Crippen molar-refractivity contribution in [2.75, 3.05) is 26.3 Å². The van der Waals surface area contributed by atoms with Gasteiger partial charge >= 0.3 is 0 Å². The van der Waals surface area contributed by atoms with Gasteiger partial charge in [-0.15, -0.1) is 0 Å². The van der Waals surface area contributed by atoms with Crippen LogP contribution < -0.4 is 0 Å². The Hall–Kier alpha value is -3.51. The minimum absolute atomic E-state index is 0.0647. The van der Waals surface area contributed by atoms with Crippen LogP contribution in [0.25, 0.3) is 10.8 Å². The number of hydrogen-bond donors (Lipinski definition) is 0. The highest BCUT2D eigenvalue weighted by molar-refractivity contribution is 5.95. The van der Waals surface area contributed by atoms with Crippen LogP contribution in [0, 0.1) is 12.8 Å². The summed E-state index contributed by atoms with van der Waals surface area (Å²) in [5, 5.41) is 2.36. The lowest BCUT2D eigenvalue weighted by atomic mass is 9.96. The Kier molecular flexibility index (Phi) is 6.17. The van der Waals surface area contributed by atoms with E-state index in [0.29, 0.717) is 32.8 Å². The lowest BCUT2D eigenvalue weighted by Gasteiger charge is -2.25. The van der Waals surface area contributed by atoms with Crippen LogP contribution >= 0.6 is 0 Å². The Morgan fingerprint density at radius 3 is 2.82 bits per heavy atom. The lowest BCUT2D eigenvalue weighted by Crippen LogP contribution is -2.37. The van der Waals surface area contributed by atoms with Crippen molar-refractivity contribution in [3.8, 4) is 0 Å². The monoisotopic (exact) mass is 440 g/mol. The Morgan fingerprint density at radius 2 is 1.94 bits per heavy atom.